The van der Waals surface area contributed by atoms with Gasteiger partial charge in [-0.05, 0) is 29.8 Å². The van der Waals surface area contributed by atoms with Crippen molar-refractivity contribution in [2.75, 3.05) is 13.1 Å². The molecule has 0 aliphatic rings. The van der Waals surface area contributed by atoms with Gasteiger partial charge in [0.2, 0.25) is 0 Å². The highest BCUT2D eigenvalue weighted by Crippen LogP contribution is 2.19. The Balaban J connectivity index is 0.00000288. The lowest BCUT2D eigenvalue weighted by atomic mass is 10.2. The van der Waals surface area contributed by atoms with Crippen molar-refractivity contribution < 1.29 is 0 Å². The minimum atomic E-state index is 0. The Morgan fingerprint density at radius 1 is 0.875 bits per heavy atom. The van der Waals surface area contributed by atoms with Gasteiger partial charge in [-0.2, -0.15) is 0 Å². The first kappa shape index (κ1) is 20.7. The fraction of sp³-hybridized carbons (Fsp3) is 0.118. The lowest BCUT2D eigenvalue weighted by molar-refractivity contribution is 1.17. The molecule has 0 spiro atoms. The van der Waals surface area contributed by atoms with Crippen LogP contribution in [0.1, 0.15) is 11.1 Å². The number of halogens is 4. The summed E-state index contributed by atoms with van der Waals surface area (Å²) in [7, 11) is 0. The van der Waals surface area contributed by atoms with E-state index in [4.69, 9.17) is 40.2 Å². The van der Waals surface area contributed by atoms with Gasteiger partial charge in [0.15, 0.2) is 0 Å². The molecule has 126 valence electrons. The minimum Gasteiger partial charge on any atom is -0.306 e. The largest absolute Gasteiger partial charge is 0.306 e. The molecule has 0 saturated carbocycles. The molecule has 0 aliphatic heterocycles. The minimum absolute atomic E-state index is 0. The van der Waals surface area contributed by atoms with Crippen molar-refractivity contribution in [2.24, 2.45) is 9.98 Å². The third kappa shape index (κ3) is 7.02. The summed E-state index contributed by atoms with van der Waals surface area (Å²) in [5.41, 5.74) is 2.13. The smallest absolute Gasteiger partial charge is 0.0784 e. The Kier molecular flexibility index (Phi) is 9.01. The molecule has 7 heteroatoms. The molecule has 0 aromatic heterocycles. The summed E-state index contributed by atoms with van der Waals surface area (Å²) in [6, 6.07) is 12.5. The van der Waals surface area contributed by atoms with E-state index in [9.17, 15) is 0 Å². The van der Waals surface area contributed by atoms with Gasteiger partial charge < -0.3 is 5.41 Å². The number of hydrogen-bond donors (Lipinski definition) is 1. The SMILES string of the molecule is Cl.N=C(CN=Cc1ccc(Cl)cc1)CN=Cc1ccc(Cl)cc1Cl. The van der Waals surface area contributed by atoms with Crippen LogP contribution in [0.4, 0.5) is 0 Å². The molecule has 24 heavy (non-hydrogen) atoms. The summed E-state index contributed by atoms with van der Waals surface area (Å²) < 4.78 is 0. The van der Waals surface area contributed by atoms with Crippen LogP contribution < -0.4 is 0 Å². The third-order valence-electron chi connectivity index (χ3n) is 2.87. The van der Waals surface area contributed by atoms with Gasteiger partial charge in [0.05, 0.1) is 23.8 Å². The van der Waals surface area contributed by atoms with Crippen molar-refractivity contribution in [3.05, 3.63) is 68.7 Å². The molecule has 0 fully saturated rings. The normalized spacial score (nSPS) is 11.0. The lowest BCUT2D eigenvalue weighted by Gasteiger charge is -1.99. The van der Waals surface area contributed by atoms with Crippen LogP contribution in [0.15, 0.2) is 52.4 Å². The summed E-state index contributed by atoms with van der Waals surface area (Å²) in [6.07, 6.45) is 3.35. The van der Waals surface area contributed by atoms with Gasteiger partial charge in [0, 0.05) is 28.0 Å². The maximum Gasteiger partial charge on any atom is 0.0784 e. The Morgan fingerprint density at radius 3 is 2.08 bits per heavy atom. The average Bonchev–Trinajstić information content (AvgIpc) is 2.51. The molecule has 0 bridgehead atoms. The standard InChI is InChI=1S/C17H14Cl3N3.ClH/c18-14-4-1-12(2-5-14)8-22-10-16(21)11-23-9-13-3-6-15(19)7-17(13)20;/h1-9,21H,10-11H2;1H. The van der Waals surface area contributed by atoms with Crippen LogP contribution >= 0.6 is 47.2 Å². The Labute approximate surface area is 162 Å². The zero-order valence-electron chi connectivity index (χ0n) is 12.5. The molecule has 0 unspecified atom stereocenters. The molecular formula is C17H15Cl4N3. The fourth-order valence-electron chi connectivity index (χ4n) is 1.72. The lowest BCUT2D eigenvalue weighted by Crippen LogP contribution is -2.06. The van der Waals surface area contributed by atoms with E-state index >= 15 is 0 Å². The number of benzene rings is 2. The van der Waals surface area contributed by atoms with E-state index in [2.05, 4.69) is 9.98 Å². The van der Waals surface area contributed by atoms with Crippen LogP contribution in [0, 0.1) is 5.41 Å². The summed E-state index contributed by atoms with van der Waals surface area (Å²) in [4.78, 5) is 8.42. The highest BCUT2D eigenvalue weighted by molar-refractivity contribution is 6.36. The first-order valence-corrected chi connectivity index (χ1v) is 7.94. The van der Waals surface area contributed by atoms with Crippen molar-refractivity contribution in [1.82, 2.24) is 0 Å². The second kappa shape index (κ2) is 10.5. The van der Waals surface area contributed by atoms with E-state index in [1.807, 2.05) is 12.1 Å². The van der Waals surface area contributed by atoms with Crippen LogP contribution in [0.3, 0.4) is 0 Å². The highest BCUT2D eigenvalue weighted by atomic mass is 35.5. The van der Waals surface area contributed by atoms with Gasteiger partial charge in [-0.3, -0.25) is 9.98 Å². The van der Waals surface area contributed by atoms with E-state index < -0.39 is 0 Å². The van der Waals surface area contributed by atoms with Gasteiger partial charge in [-0.25, -0.2) is 0 Å². The first-order valence-electron chi connectivity index (χ1n) is 6.81. The van der Waals surface area contributed by atoms with Crippen molar-refractivity contribution >= 4 is 65.4 Å². The second-order valence-corrected chi connectivity index (χ2v) is 6.04. The summed E-state index contributed by atoms with van der Waals surface area (Å²) >= 11 is 17.7. The van der Waals surface area contributed by atoms with Gasteiger partial charge in [-0.15, -0.1) is 12.4 Å². The van der Waals surface area contributed by atoms with Crippen molar-refractivity contribution in [2.45, 2.75) is 0 Å². The molecule has 0 amide bonds. The number of nitrogens with zero attached hydrogens (tertiary/aromatic N) is 2. The molecule has 0 saturated heterocycles. The summed E-state index contributed by atoms with van der Waals surface area (Å²) in [6.45, 7) is 0.575. The molecule has 0 aliphatic carbocycles. The topological polar surface area (TPSA) is 48.6 Å². The van der Waals surface area contributed by atoms with E-state index in [-0.39, 0.29) is 19.0 Å². The predicted molar refractivity (Wildman–Crippen MR) is 108 cm³/mol. The molecule has 2 aromatic carbocycles. The first-order chi connectivity index (χ1) is 11.0. The van der Waals surface area contributed by atoms with Crippen LogP contribution in [0.2, 0.25) is 15.1 Å². The average molecular weight is 403 g/mol. The Bertz CT molecular complexity index is 740. The maximum absolute atomic E-state index is 7.84. The number of aliphatic imine (C=N–C) groups is 2. The molecule has 3 nitrogen and oxygen atoms in total. The Morgan fingerprint density at radius 2 is 1.46 bits per heavy atom. The highest BCUT2D eigenvalue weighted by Gasteiger charge is 1.98. The molecular weight excluding hydrogens is 388 g/mol. The quantitative estimate of drug-likeness (QED) is 0.609. The van der Waals surface area contributed by atoms with Crippen molar-refractivity contribution in [3.8, 4) is 0 Å². The molecule has 0 atom stereocenters. The van der Waals surface area contributed by atoms with Crippen LogP contribution in [-0.4, -0.2) is 31.2 Å². The second-order valence-electron chi connectivity index (χ2n) is 4.76. The zero-order chi connectivity index (χ0) is 16.7. The van der Waals surface area contributed by atoms with Crippen LogP contribution in [0.5, 0.6) is 0 Å². The summed E-state index contributed by atoms with van der Waals surface area (Å²) in [5, 5.41) is 9.64. The fourth-order valence-corrected chi connectivity index (χ4v) is 2.30. The molecule has 2 rings (SSSR count). The third-order valence-corrected chi connectivity index (χ3v) is 3.68. The van der Waals surface area contributed by atoms with Gasteiger partial charge in [-0.1, -0.05) is 53.0 Å². The molecule has 1 N–H and O–H groups in total. The van der Waals surface area contributed by atoms with Crippen molar-refractivity contribution in [3.63, 3.8) is 0 Å². The van der Waals surface area contributed by atoms with Crippen LogP contribution in [-0.2, 0) is 0 Å². The monoisotopic (exact) mass is 401 g/mol. The number of nitrogens with one attached hydrogen (secondary N) is 1. The van der Waals surface area contributed by atoms with E-state index in [1.54, 1.807) is 42.8 Å². The van der Waals surface area contributed by atoms with Gasteiger partial charge in [0.1, 0.15) is 0 Å². The zero-order valence-corrected chi connectivity index (χ0v) is 15.6. The van der Waals surface area contributed by atoms with E-state index in [0.29, 0.717) is 27.3 Å². The maximum atomic E-state index is 7.84. The predicted octanol–water partition coefficient (Wildman–Crippen LogP) is 5.63. The van der Waals surface area contributed by atoms with E-state index in [1.165, 1.54) is 0 Å². The summed E-state index contributed by atoms with van der Waals surface area (Å²) in [5.74, 6) is 0. The van der Waals surface area contributed by atoms with Gasteiger partial charge >= 0.3 is 0 Å². The van der Waals surface area contributed by atoms with Crippen molar-refractivity contribution in [1.29, 1.82) is 5.41 Å². The molecule has 0 heterocycles. The van der Waals surface area contributed by atoms with E-state index in [0.717, 1.165) is 11.1 Å². The number of hydrogen-bond acceptors (Lipinski definition) is 3. The van der Waals surface area contributed by atoms with Gasteiger partial charge in [0.25, 0.3) is 0 Å². The Hall–Kier alpha value is -1.39. The molecule has 2 aromatic rings. The number of rotatable bonds is 6. The molecule has 0 radical (unpaired) electrons. The van der Waals surface area contributed by atoms with Crippen LogP contribution in [0.25, 0.3) is 0 Å².